The molecule has 9 nitrogen and oxygen atoms in total. The minimum atomic E-state index is -4.71. The Morgan fingerprint density at radius 1 is 1.14 bits per heavy atom. The van der Waals surface area contributed by atoms with Crippen LogP contribution in [0.2, 0.25) is 0 Å². The van der Waals surface area contributed by atoms with Gasteiger partial charge in [0.05, 0.1) is 22.5 Å². The number of fused-ring (bicyclic) bond motifs is 3. The van der Waals surface area contributed by atoms with Crippen LogP contribution >= 0.6 is 0 Å². The Labute approximate surface area is 234 Å². The molecule has 1 aliphatic carbocycles. The summed E-state index contributed by atoms with van der Waals surface area (Å²) in [5.74, 6) is -3.02. The number of amides is 2. The average Bonchev–Trinajstić information content (AvgIpc) is 3.39. The second kappa shape index (κ2) is 10.0. The molecule has 3 aromatic rings. The summed E-state index contributed by atoms with van der Waals surface area (Å²) in [4.78, 5) is 26.1. The van der Waals surface area contributed by atoms with Gasteiger partial charge in [-0.2, -0.15) is 31.4 Å². The number of nitrogens with zero attached hydrogens (tertiary/aromatic N) is 2. The van der Waals surface area contributed by atoms with Crippen molar-refractivity contribution in [3.8, 4) is 11.4 Å². The van der Waals surface area contributed by atoms with Crippen LogP contribution in [0.5, 0.6) is 5.75 Å². The molecule has 1 atom stereocenters. The van der Waals surface area contributed by atoms with E-state index in [9.17, 15) is 44.3 Å². The van der Waals surface area contributed by atoms with Crippen LogP contribution in [0.25, 0.3) is 5.69 Å². The normalized spacial score (nSPS) is 18.4. The van der Waals surface area contributed by atoms with E-state index >= 15 is 0 Å². The van der Waals surface area contributed by atoms with Crippen molar-refractivity contribution >= 4 is 27.5 Å². The minimum Gasteiger partial charge on any atom is -0.484 e. The van der Waals surface area contributed by atoms with E-state index in [1.165, 1.54) is 24.3 Å². The monoisotopic (exact) mass is 616 g/mol. The summed E-state index contributed by atoms with van der Waals surface area (Å²) >= 11 is 0. The fourth-order valence-corrected chi connectivity index (χ4v) is 5.80. The largest absolute Gasteiger partial charge is 0.484 e. The summed E-state index contributed by atoms with van der Waals surface area (Å²) in [6, 6.07) is 8.34. The second-order valence-corrected chi connectivity index (χ2v) is 12.3. The fourth-order valence-electron chi connectivity index (χ4n) is 5.25. The molecule has 2 aliphatic rings. The summed E-state index contributed by atoms with van der Waals surface area (Å²) in [7, 11) is -3.80. The molecule has 1 spiro atoms. The van der Waals surface area contributed by atoms with Crippen LogP contribution in [-0.2, 0) is 39.2 Å². The summed E-state index contributed by atoms with van der Waals surface area (Å²) in [5.41, 5.74) is -0.989. The van der Waals surface area contributed by atoms with Crippen molar-refractivity contribution in [2.75, 3.05) is 23.9 Å². The smallest absolute Gasteiger partial charge is 0.422 e. The number of aryl methyl sites for hydroxylation is 1. The molecule has 5 rings (SSSR count). The van der Waals surface area contributed by atoms with Crippen LogP contribution in [-0.4, -0.2) is 54.8 Å². The number of aromatic nitrogens is 2. The van der Waals surface area contributed by atoms with Gasteiger partial charge < -0.3 is 15.4 Å². The molecule has 42 heavy (non-hydrogen) atoms. The molecule has 224 valence electrons. The molecule has 2 amide bonds. The molecule has 0 saturated carbocycles. The summed E-state index contributed by atoms with van der Waals surface area (Å²) in [6.45, 7) is -1.47. The van der Waals surface area contributed by atoms with Gasteiger partial charge in [0.25, 0.3) is 5.91 Å². The number of anilines is 1. The number of carbonyl (C=O) groups is 2. The predicted molar refractivity (Wildman–Crippen MR) is 136 cm³/mol. The number of rotatable bonds is 6. The molecule has 2 heterocycles. The SMILES string of the molecule is CS(=O)(=O)CC(=O)Nc1c2c(nn1-c1cccc(C(F)(F)F)c1)C[C@]1(CCc3cc(OCC(F)(F)F)ccc31)NC2=O. The highest BCUT2D eigenvalue weighted by molar-refractivity contribution is 7.91. The number of benzene rings is 2. The van der Waals surface area contributed by atoms with Gasteiger partial charge in [-0.05, 0) is 54.3 Å². The van der Waals surface area contributed by atoms with Crippen LogP contribution in [0, 0.1) is 0 Å². The number of sulfone groups is 1. The van der Waals surface area contributed by atoms with Gasteiger partial charge in [0.15, 0.2) is 16.4 Å². The fraction of sp³-hybridized carbons (Fsp3) is 0.346. The van der Waals surface area contributed by atoms with Crippen molar-refractivity contribution in [2.45, 2.75) is 37.2 Å². The number of ether oxygens (including phenoxy) is 1. The lowest BCUT2D eigenvalue weighted by Crippen LogP contribution is -2.49. The molecule has 16 heteroatoms. The van der Waals surface area contributed by atoms with E-state index in [1.807, 2.05) is 0 Å². The average molecular weight is 617 g/mol. The number of nitrogens with one attached hydrogen (secondary N) is 2. The zero-order valence-electron chi connectivity index (χ0n) is 21.7. The van der Waals surface area contributed by atoms with Crippen molar-refractivity contribution in [2.24, 2.45) is 0 Å². The van der Waals surface area contributed by atoms with Gasteiger partial charge in [0.2, 0.25) is 5.91 Å². The van der Waals surface area contributed by atoms with E-state index in [-0.39, 0.29) is 34.9 Å². The lowest BCUT2D eigenvalue weighted by atomic mass is 9.82. The molecule has 0 saturated heterocycles. The molecule has 0 unspecified atom stereocenters. The molecule has 2 N–H and O–H groups in total. The van der Waals surface area contributed by atoms with Crippen LogP contribution in [0.15, 0.2) is 42.5 Å². The molecule has 0 fully saturated rings. The van der Waals surface area contributed by atoms with Gasteiger partial charge in [-0.25, -0.2) is 13.1 Å². The van der Waals surface area contributed by atoms with Crippen molar-refractivity contribution in [1.82, 2.24) is 15.1 Å². The zero-order valence-corrected chi connectivity index (χ0v) is 22.5. The number of hydrogen-bond acceptors (Lipinski definition) is 6. The van der Waals surface area contributed by atoms with Crippen LogP contribution in [0.3, 0.4) is 0 Å². The van der Waals surface area contributed by atoms with Gasteiger partial charge in [0, 0.05) is 12.7 Å². The number of alkyl halides is 6. The quantitative estimate of drug-likeness (QED) is 0.405. The first-order valence-electron chi connectivity index (χ1n) is 12.4. The first kappa shape index (κ1) is 29.4. The number of hydrogen-bond donors (Lipinski definition) is 2. The third kappa shape index (κ3) is 5.93. The second-order valence-electron chi connectivity index (χ2n) is 10.2. The summed E-state index contributed by atoms with van der Waals surface area (Å²) in [5, 5.41) is 9.59. The summed E-state index contributed by atoms with van der Waals surface area (Å²) < 4.78 is 107. The topological polar surface area (TPSA) is 119 Å². The molecular formula is C26H22F6N4O5S. The van der Waals surface area contributed by atoms with E-state index in [0.29, 0.717) is 24.0 Å². The molecular weight excluding hydrogens is 594 g/mol. The predicted octanol–water partition coefficient (Wildman–Crippen LogP) is 3.94. The zero-order chi connectivity index (χ0) is 30.7. The lowest BCUT2D eigenvalue weighted by molar-refractivity contribution is -0.153. The molecule has 1 aliphatic heterocycles. The first-order chi connectivity index (χ1) is 19.4. The van der Waals surface area contributed by atoms with Gasteiger partial charge >= 0.3 is 12.4 Å². The highest BCUT2D eigenvalue weighted by Crippen LogP contribution is 2.45. The van der Waals surface area contributed by atoms with E-state index in [0.717, 1.165) is 29.1 Å². The summed E-state index contributed by atoms with van der Waals surface area (Å²) in [6.07, 6.45) is -7.67. The third-order valence-electron chi connectivity index (χ3n) is 6.89. The highest BCUT2D eigenvalue weighted by Gasteiger charge is 2.47. The highest BCUT2D eigenvalue weighted by atomic mass is 32.2. The number of carbonyl (C=O) groups excluding carboxylic acids is 2. The van der Waals surface area contributed by atoms with Crippen LogP contribution < -0.4 is 15.4 Å². The Morgan fingerprint density at radius 3 is 2.55 bits per heavy atom. The Hall–Kier alpha value is -4.08. The first-order valence-corrected chi connectivity index (χ1v) is 14.4. The maximum Gasteiger partial charge on any atom is 0.422 e. The molecule has 2 aromatic carbocycles. The van der Waals surface area contributed by atoms with Crippen LogP contribution in [0.1, 0.15) is 39.2 Å². The Morgan fingerprint density at radius 2 is 1.88 bits per heavy atom. The molecule has 0 radical (unpaired) electrons. The maximum absolute atomic E-state index is 13.5. The van der Waals surface area contributed by atoms with E-state index < -0.39 is 57.5 Å². The Balaban J connectivity index is 1.55. The maximum atomic E-state index is 13.5. The Kier molecular flexibility index (Phi) is 7.02. The lowest BCUT2D eigenvalue weighted by Gasteiger charge is -2.35. The van der Waals surface area contributed by atoms with Crippen molar-refractivity contribution in [3.63, 3.8) is 0 Å². The van der Waals surface area contributed by atoms with E-state index in [1.54, 1.807) is 0 Å². The minimum absolute atomic E-state index is 0.00403. The van der Waals surface area contributed by atoms with Crippen molar-refractivity contribution < 1.29 is 49.1 Å². The van der Waals surface area contributed by atoms with Crippen molar-refractivity contribution in [3.05, 3.63) is 70.4 Å². The number of halogens is 6. The standard InChI is InChI=1S/C26H22F6N4O5S/c1-42(39,40)12-20(37)33-22-21-19(35-36(22)16-4-2-3-15(10-16)26(30,31)32)11-24(34-23(21)38)8-7-14-9-17(5-6-18(14)24)41-13-25(27,28)29/h2-6,9-10H,7-8,11-13H2,1H3,(H,33,37)(H,34,38)/t24-/m0/s1. The van der Waals surface area contributed by atoms with Crippen LogP contribution in [0.4, 0.5) is 32.2 Å². The van der Waals surface area contributed by atoms with E-state index in [4.69, 9.17) is 4.74 Å². The van der Waals surface area contributed by atoms with E-state index in [2.05, 4.69) is 15.7 Å². The van der Waals surface area contributed by atoms with Gasteiger partial charge in [-0.1, -0.05) is 12.1 Å². The van der Waals surface area contributed by atoms with Gasteiger partial charge in [0.1, 0.15) is 22.9 Å². The Bertz CT molecular complexity index is 1700. The van der Waals surface area contributed by atoms with Gasteiger partial charge in [-0.15, -0.1) is 0 Å². The third-order valence-corrected chi connectivity index (χ3v) is 7.68. The van der Waals surface area contributed by atoms with Crippen molar-refractivity contribution in [1.29, 1.82) is 0 Å². The van der Waals surface area contributed by atoms with Gasteiger partial charge in [-0.3, -0.25) is 9.59 Å². The molecule has 1 aromatic heterocycles. The molecule has 0 bridgehead atoms.